The Hall–Kier alpha value is -1.88. The summed E-state index contributed by atoms with van der Waals surface area (Å²) in [6.45, 7) is 1.34. The van der Waals surface area contributed by atoms with Crippen LogP contribution in [0.15, 0.2) is 29.6 Å². The number of nitrogens with one attached hydrogen (secondary N) is 2. The van der Waals surface area contributed by atoms with E-state index < -0.39 is 22.0 Å². The molecule has 138 valence electrons. The smallest absolute Gasteiger partial charge is 0.354 e. The molecular weight excluding hydrogens is 370 g/mol. The van der Waals surface area contributed by atoms with Crippen LogP contribution in [0, 0.1) is 0 Å². The predicted molar refractivity (Wildman–Crippen MR) is 92.1 cm³/mol. The first-order chi connectivity index (χ1) is 11.4. The number of aromatic nitrogens is 3. The number of aryl methyl sites for hydroxylation is 1. The van der Waals surface area contributed by atoms with Crippen LogP contribution in [0.5, 0.6) is 0 Å². The molecule has 25 heavy (non-hydrogen) atoms. The summed E-state index contributed by atoms with van der Waals surface area (Å²) in [6, 6.07) is 0.874. The second-order valence-electron chi connectivity index (χ2n) is 5.47. The van der Waals surface area contributed by atoms with Gasteiger partial charge in [0.2, 0.25) is 10.0 Å². The summed E-state index contributed by atoms with van der Waals surface area (Å²) < 4.78 is 33.9. The summed E-state index contributed by atoms with van der Waals surface area (Å²) >= 11 is 0. The fraction of sp³-hybridized carbons (Fsp3) is 0.429. The van der Waals surface area contributed by atoms with Gasteiger partial charge in [0.25, 0.3) is 0 Å². The number of nitrogens with zero attached hydrogens (tertiary/aromatic N) is 3. The Morgan fingerprint density at radius 3 is 2.84 bits per heavy atom. The molecule has 0 saturated carbocycles. The first-order valence-corrected chi connectivity index (χ1v) is 8.85. The molecule has 1 saturated heterocycles. The molecule has 1 unspecified atom stereocenters. The van der Waals surface area contributed by atoms with E-state index in [1.807, 2.05) is 7.05 Å². The number of carbonyl (C=O) groups excluding carboxylic acids is 1. The molecule has 2 N–H and O–H groups in total. The van der Waals surface area contributed by atoms with Gasteiger partial charge in [0.15, 0.2) is 0 Å². The zero-order chi connectivity index (χ0) is 17.3. The molecule has 0 bridgehead atoms. The molecule has 0 amide bonds. The minimum atomic E-state index is -3.77. The van der Waals surface area contributed by atoms with E-state index in [-0.39, 0.29) is 23.0 Å². The SMILES string of the molecule is COC(=O)c1cc(S(=O)(=O)N2CCNCC2c2nccn2C)c[nH]1.Cl. The first kappa shape index (κ1) is 19.4. The highest BCUT2D eigenvalue weighted by Crippen LogP contribution is 2.28. The third kappa shape index (κ3) is 3.56. The van der Waals surface area contributed by atoms with Gasteiger partial charge in [-0.15, -0.1) is 12.4 Å². The van der Waals surface area contributed by atoms with Crippen molar-refractivity contribution in [2.75, 3.05) is 26.7 Å². The lowest BCUT2D eigenvalue weighted by molar-refractivity contribution is 0.0594. The van der Waals surface area contributed by atoms with Crippen LogP contribution in [0.3, 0.4) is 0 Å². The van der Waals surface area contributed by atoms with Crippen molar-refractivity contribution in [3.05, 3.63) is 36.2 Å². The van der Waals surface area contributed by atoms with Gasteiger partial charge in [0.1, 0.15) is 16.4 Å². The lowest BCUT2D eigenvalue weighted by Gasteiger charge is -2.34. The van der Waals surface area contributed by atoms with Crippen molar-refractivity contribution >= 4 is 28.4 Å². The minimum absolute atomic E-state index is 0. The Kier molecular flexibility index (Phi) is 5.88. The van der Waals surface area contributed by atoms with Gasteiger partial charge in [-0.1, -0.05) is 0 Å². The van der Waals surface area contributed by atoms with E-state index >= 15 is 0 Å². The van der Waals surface area contributed by atoms with Crippen molar-refractivity contribution in [2.45, 2.75) is 10.9 Å². The number of hydrogen-bond acceptors (Lipinski definition) is 6. The van der Waals surface area contributed by atoms with E-state index in [9.17, 15) is 13.2 Å². The molecule has 0 radical (unpaired) electrons. The maximum Gasteiger partial charge on any atom is 0.354 e. The average Bonchev–Trinajstić information content (AvgIpc) is 3.23. The normalized spacial score (nSPS) is 18.6. The Bertz CT molecular complexity index is 847. The number of ether oxygens (including phenoxy) is 1. The fourth-order valence-corrected chi connectivity index (χ4v) is 4.36. The van der Waals surface area contributed by atoms with E-state index in [0.717, 1.165) is 0 Å². The number of imidazole rings is 1. The highest BCUT2D eigenvalue weighted by molar-refractivity contribution is 7.89. The maximum atomic E-state index is 13.0. The van der Waals surface area contributed by atoms with E-state index in [1.54, 1.807) is 17.0 Å². The molecule has 3 heterocycles. The largest absolute Gasteiger partial charge is 0.464 e. The van der Waals surface area contributed by atoms with Crippen LogP contribution >= 0.6 is 12.4 Å². The third-order valence-electron chi connectivity index (χ3n) is 4.02. The Morgan fingerprint density at radius 1 is 1.44 bits per heavy atom. The van der Waals surface area contributed by atoms with Crippen LogP contribution in [-0.4, -0.2) is 60.0 Å². The Morgan fingerprint density at radius 2 is 2.20 bits per heavy atom. The number of methoxy groups -OCH3 is 1. The highest BCUT2D eigenvalue weighted by atomic mass is 35.5. The van der Waals surface area contributed by atoms with Gasteiger partial charge in [0, 0.05) is 45.3 Å². The summed E-state index contributed by atoms with van der Waals surface area (Å²) in [5.74, 6) is 0.0481. The summed E-state index contributed by atoms with van der Waals surface area (Å²) in [5.41, 5.74) is 0.0970. The molecule has 2 aromatic heterocycles. The lowest BCUT2D eigenvalue weighted by Crippen LogP contribution is -2.49. The second-order valence-corrected chi connectivity index (χ2v) is 7.36. The molecule has 0 spiro atoms. The zero-order valence-corrected chi connectivity index (χ0v) is 15.4. The van der Waals surface area contributed by atoms with Crippen LogP contribution in [0.25, 0.3) is 0 Å². The van der Waals surface area contributed by atoms with Crippen molar-refractivity contribution in [3.63, 3.8) is 0 Å². The van der Waals surface area contributed by atoms with Crippen molar-refractivity contribution in [3.8, 4) is 0 Å². The lowest BCUT2D eigenvalue weighted by atomic mass is 10.2. The fourth-order valence-electron chi connectivity index (χ4n) is 2.78. The van der Waals surface area contributed by atoms with E-state index in [1.165, 1.54) is 23.7 Å². The standard InChI is InChI=1S/C14H19N5O4S.ClH/c1-18-5-4-16-13(18)12-9-15-3-6-19(12)24(21,22)10-7-11(17-8-10)14(20)23-2;/h4-5,7-8,12,15,17H,3,6,9H2,1-2H3;1H. The number of carbonyl (C=O) groups is 1. The van der Waals surface area contributed by atoms with Crippen molar-refractivity contribution in [1.29, 1.82) is 0 Å². The Labute approximate surface area is 151 Å². The summed E-state index contributed by atoms with van der Waals surface area (Å²) in [7, 11) is -0.706. The minimum Gasteiger partial charge on any atom is -0.464 e. The molecule has 9 nitrogen and oxygen atoms in total. The number of esters is 1. The predicted octanol–water partition coefficient (Wildman–Crippen LogP) is 0.292. The number of H-pyrrole nitrogens is 1. The van der Waals surface area contributed by atoms with Crippen molar-refractivity contribution in [1.82, 2.24) is 24.2 Å². The number of hydrogen-bond donors (Lipinski definition) is 2. The van der Waals surface area contributed by atoms with E-state index in [0.29, 0.717) is 25.5 Å². The Balaban J connectivity index is 0.00000225. The van der Waals surface area contributed by atoms with Gasteiger partial charge >= 0.3 is 5.97 Å². The molecule has 1 atom stereocenters. The van der Waals surface area contributed by atoms with Gasteiger partial charge in [0.05, 0.1) is 13.2 Å². The third-order valence-corrected chi connectivity index (χ3v) is 5.91. The number of halogens is 1. The van der Waals surface area contributed by atoms with Crippen molar-refractivity contribution in [2.24, 2.45) is 7.05 Å². The van der Waals surface area contributed by atoms with Crippen LogP contribution in [0.2, 0.25) is 0 Å². The van der Waals surface area contributed by atoms with Gasteiger partial charge in [-0.2, -0.15) is 4.31 Å². The number of aromatic amines is 1. The molecule has 0 aromatic carbocycles. The van der Waals surface area contributed by atoms with Gasteiger partial charge in [-0.05, 0) is 6.07 Å². The van der Waals surface area contributed by atoms with Crippen LogP contribution in [-0.2, 0) is 21.8 Å². The van der Waals surface area contributed by atoms with Gasteiger partial charge in [-0.3, -0.25) is 0 Å². The van der Waals surface area contributed by atoms with Crippen LogP contribution in [0.4, 0.5) is 0 Å². The average molecular weight is 390 g/mol. The van der Waals surface area contributed by atoms with E-state index in [2.05, 4.69) is 20.0 Å². The molecular formula is C14H20ClN5O4S. The number of piperazine rings is 1. The maximum absolute atomic E-state index is 13.0. The number of rotatable bonds is 4. The van der Waals surface area contributed by atoms with Gasteiger partial charge < -0.3 is 19.6 Å². The zero-order valence-electron chi connectivity index (χ0n) is 13.8. The van der Waals surface area contributed by atoms with Gasteiger partial charge in [-0.25, -0.2) is 18.2 Å². The molecule has 1 aliphatic heterocycles. The topological polar surface area (TPSA) is 109 Å². The first-order valence-electron chi connectivity index (χ1n) is 7.41. The number of sulfonamides is 1. The van der Waals surface area contributed by atoms with E-state index in [4.69, 9.17) is 0 Å². The molecule has 11 heteroatoms. The monoisotopic (exact) mass is 389 g/mol. The summed E-state index contributed by atoms with van der Waals surface area (Å²) in [5, 5.41) is 3.20. The molecule has 2 aromatic rings. The van der Waals surface area contributed by atoms with Crippen LogP contribution < -0.4 is 5.32 Å². The molecule has 1 aliphatic rings. The molecule has 0 aliphatic carbocycles. The summed E-state index contributed by atoms with van der Waals surface area (Å²) in [4.78, 5) is 18.5. The quantitative estimate of drug-likeness (QED) is 0.727. The highest BCUT2D eigenvalue weighted by Gasteiger charge is 2.37. The van der Waals surface area contributed by atoms with Crippen molar-refractivity contribution < 1.29 is 17.9 Å². The molecule has 3 rings (SSSR count). The summed E-state index contributed by atoms with van der Waals surface area (Å²) in [6.07, 6.45) is 4.72. The second kappa shape index (κ2) is 7.56. The molecule has 1 fully saturated rings. The van der Waals surface area contributed by atoms with Crippen LogP contribution in [0.1, 0.15) is 22.4 Å².